The minimum atomic E-state index is -1.10. The predicted molar refractivity (Wildman–Crippen MR) is 193 cm³/mol. The fraction of sp³-hybridized carbons (Fsp3) is 0.361. The van der Waals surface area contributed by atoms with Crippen LogP contribution in [0.5, 0.6) is 5.75 Å². The largest absolute Gasteiger partial charge is 0.494 e. The van der Waals surface area contributed by atoms with Crippen LogP contribution in [-0.2, 0) is 23.9 Å². The number of piperazine rings is 1. The van der Waals surface area contributed by atoms with Crippen molar-refractivity contribution in [1.82, 2.24) is 29.5 Å². The molecule has 0 saturated carbocycles. The smallest absolute Gasteiger partial charge is 0.323 e. The van der Waals surface area contributed by atoms with Gasteiger partial charge < -0.3 is 46.5 Å². The third-order valence-electron chi connectivity index (χ3n) is 9.24. The number of halogens is 2. The van der Waals surface area contributed by atoms with Crippen LogP contribution in [0, 0.1) is 18.6 Å². The molecule has 2 fully saturated rings. The summed E-state index contributed by atoms with van der Waals surface area (Å²) in [6.45, 7) is 3.25. The number of anilines is 2. The molecule has 19 heteroatoms. The van der Waals surface area contributed by atoms with Crippen LogP contribution in [0.25, 0.3) is 16.9 Å². The molecule has 0 aliphatic carbocycles. The number of aromatic nitrogens is 3. The Morgan fingerprint density at radius 2 is 1.80 bits per heavy atom. The van der Waals surface area contributed by atoms with Gasteiger partial charge in [-0.2, -0.15) is 4.39 Å². The van der Waals surface area contributed by atoms with Crippen LogP contribution in [-0.4, -0.2) is 117 Å². The average Bonchev–Trinajstić information content (AvgIpc) is 3.83. The summed E-state index contributed by atoms with van der Waals surface area (Å²) in [7, 11) is 1.26. The van der Waals surface area contributed by atoms with Crippen LogP contribution >= 0.6 is 0 Å². The fourth-order valence-electron chi connectivity index (χ4n) is 6.38. The van der Waals surface area contributed by atoms with Gasteiger partial charge in [0.15, 0.2) is 23.0 Å². The standard InChI is InChI=1S/C35H39F2N9O6.CH2O2/c1-19-15-20(43-31-32-42-18-26(46(32)10-9-40-31)23-5-7-27(51-2)30(37)29(23)36)3-4-22(19)33(48)44-11-13-45(14-12-44)34(49)25-16-21(17-41-25)52-35(50)24(38)6-8-28(39)47;2-1-3/h3-5,7,9-10,15,18,21,24-25,41H,6,8,11-14,16-17,38H2,1-2H3,(H2,39,47)(H,40,43);1H,(H,2,3)/t21-,24+,25+;/m1./s1. The van der Waals surface area contributed by atoms with E-state index in [1.165, 1.54) is 31.6 Å². The minimum absolute atomic E-state index is 0.00935. The number of nitrogens with two attached hydrogens (primary N) is 2. The fourth-order valence-corrected chi connectivity index (χ4v) is 6.38. The van der Waals surface area contributed by atoms with Crippen LogP contribution in [0.15, 0.2) is 48.9 Å². The Labute approximate surface area is 313 Å². The molecule has 2 aliphatic rings. The molecule has 55 heavy (non-hydrogen) atoms. The number of carbonyl (C=O) groups excluding carboxylic acids is 4. The van der Waals surface area contributed by atoms with E-state index in [9.17, 15) is 28.0 Å². The molecule has 4 heterocycles. The lowest BCUT2D eigenvalue weighted by atomic mass is 10.1. The molecule has 7 N–H and O–H groups in total. The van der Waals surface area contributed by atoms with Crippen LogP contribution in [0.3, 0.4) is 0 Å². The number of nitrogens with zero attached hydrogens (tertiary/aromatic N) is 5. The van der Waals surface area contributed by atoms with E-state index in [2.05, 4.69) is 20.6 Å². The van der Waals surface area contributed by atoms with E-state index in [0.29, 0.717) is 73.1 Å². The number of hydrogen-bond donors (Lipinski definition) is 5. The van der Waals surface area contributed by atoms with Crippen molar-refractivity contribution in [3.63, 3.8) is 0 Å². The number of ether oxygens (including phenoxy) is 2. The Balaban J connectivity index is 0.00000187. The molecule has 0 spiro atoms. The number of nitrogens with one attached hydrogen (secondary N) is 2. The van der Waals surface area contributed by atoms with Crippen molar-refractivity contribution in [3.8, 4) is 17.0 Å². The number of rotatable bonds is 11. The summed E-state index contributed by atoms with van der Waals surface area (Å²) in [5.74, 6) is -3.49. The van der Waals surface area contributed by atoms with Gasteiger partial charge >= 0.3 is 5.97 Å². The monoisotopic (exact) mass is 765 g/mol. The first-order valence-corrected chi connectivity index (χ1v) is 17.2. The molecule has 6 rings (SSSR count). The van der Waals surface area contributed by atoms with E-state index < -0.39 is 41.7 Å². The number of fused-ring (bicyclic) bond motifs is 1. The number of esters is 1. The molecule has 0 bridgehead atoms. The van der Waals surface area contributed by atoms with Crippen molar-refractivity contribution in [2.45, 2.75) is 44.4 Å². The number of imidazole rings is 1. The van der Waals surface area contributed by atoms with E-state index in [4.69, 9.17) is 30.8 Å². The highest BCUT2D eigenvalue weighted by Gasteiger charge is 2.36. The van der Waals surface area contributed by atoms with Gasteiger partial charge in [0.1, 0.15) is 12.1 Å². The zero-order chi connectivity index (χ0) is 39.8. The first-order valence-electron chi connectivity index (χ1n) is 17.2. The molecule has 2 aromatic heterocycles. The van der Waals surface area contributed by atoms with Crippen molar-refractivity contribution in [2.75, 3.05) is 45.2 Å². The summed E-state index contributed by atoms with van der Waals surface area (Å²) in [5.41, 5.74) is 13.5. The topological polar surface area (TPSA) is 237 Å². The summed E-state index contributed by atoms with van der Waals surface area (Å²) in [5, 5.41) is 13.2. The lowest BCUT2D eigenvalue weighted by Gasteiger charge is -2.36. The lowest BCUT2D eigenvalue weighted by molar-refractivity contribution is -0.150. The summed E-state index contributed by atoms with van der Waals surface area (Å²) in [6.07, 6.45) is 4.36. The van der Waals surface area contributed by atoms with Crippen molar-refractivity contribution >= 4 is 47.3 Å². The number of amides is 3. The average molecular weight is 766 g/mol. The van der Waals surface area contributed by atoms with Crippen molar-refractivity contribution < 1.29 is 47.3 Å². The number of carboxylic acid groups (broad SMARTS) is 1. The van der Waals surface area contributed by atoms with Crippen LogP contribution in [0.1, 0.15) is 35.2 Å². The predicted octanol–water partition coefficient (Wildman–Crippen LogP) is 1.59. The number of benzene rings is 2. The summed E-state index contributed by atoms with van der Waals surface area (Å²) >= 11 is 0. The number of hydrogen-bond acceptors (Lipinski definition) is 12. The molecular formula is C36H41F2N9O8. The van der Waals surface area contributed by atoms with Crippen LogP contribution in [0.4, 0.5) is 20.3 Å². The Morgan fingerprint density at radius 1 is 1.09 bits per heavy atom. The second-order valence-corrected chi connectivity index (χ2v) is 12.8. The van der Waals surface area contributed by atoms with Gasteiger partial charge in [0.25, 0.3) is 12.4 Å². The maximum Gasteiger partial charge on any atom is 0.323 e. The van der Waals surface area contributed by atoms with Gasteiger partial charge in [0.05, 0.1) is 25.0 Å². The van der Waals surface area contributed by atoms with Crippen molar-refractivity contribution in [1.29, 1.82) is 0 Å². The molecule has 4 aromatic rings. The molecule has 0 unspecified atom stereocenters. The highest BCUT2D eigenvalue weighted by molar-refractivity contribution is 5.96. The minimum Gasteiger partial charge on any atom is -0.494 e. The normalized spacial score (nSPS) is 17.2. The molecule has 2 saturated heterocycles. The van der Waals surface area contributed by atoms with Crippen LogP contribution in [0.2, 0.25) is 0 Å². The molecule has 3 amide bonds. The lowest BCUT2D eigenvalue weighted by Crippen LogP contribution is -2.54. The highest BCUT2D eigenvalue weighted by Crippen LogP contribution is 2.32. The van der Waals surface area contributed by atoms with Gasteiger partial charge in [0.2, 0.25) is 17.6 Å². The van der Waals surface area contributed by atoms with E-state index in [1.807, 2.05) is 6.92 Å². The number of methoxy groups -OCH3 is 1. The number of aryl methyl sites for hydroxylation is 1. The molecule has 0 radical (unpaired) electrons. The van der Waals surface area contributed by atoms with Gasteiger partial charge in [-0.25, -0.2) is 14.4 Å². The maximum atomic E-state index is 14.9. The number of carbonyl (C=O) groups is 5. The van der Waals surface area contributed by atoms with Gasteiger partial charge in [-0.15, -0.1) is 0 Å². The second kappa shape index (κ2) is 17.7. The summed E-state index contributed by atoms with van der Waals surface area (Å²) < 4.78 is 41.2. The first-order chi connectivity index (χ1) is 26.4. The van der Waals surface area contributed by atoms with Gasteiger partial charge in [0, 0.05) is 74.8 Å². The molecule has 292 valence electrons. The second-order valence-electron chi connectivity index (χ2n) is 12.8. The third-order valence-corrected chi connectivity index (χ3v) is 9.24. The Kier molecular flexibility index (Phi) is 12.9. The maximum absolute atomic E-state index is 14.9. The van der Waals surface area contributed by atoms with Crippen molar-refractivity contribution in [3.05, 3.63) is 71.7 Å². The first kappa shape index (κ1) is 40.0. The summed E-state index contributed by atoms with van der Waals surface area (Å²) in [4.78, 5) is 70.5. The zero-order valence-corrected chi connectivity index (χ0v) is 30.0. The molecule has 2 aliphatic heterocycles. The van der Waals surface area contributed by atoms with E-state index >= 15 is 0 Å². The Morgan fingerprint density at radius 3 is 2.47 bits per heavy atom. The molecule has 3 atom stereocenters. The Bertz CT molecular complexity index is 2070. The quantitative estimate of drug-likeness (QED) is 0.108. The van der Waals surface area contributed by atoms with Gasteiger partial charge in [-0.1, -0.05) is 0 Å². The zero-order valence-electron chi connectivity index (χ0n) is 30.0. The summed E-state index contributed by atoms with van der Waals surface area (Å²) in [6, 6.07) is 6.52. The number of primary amides is 1. The van der Waals surface area contributed by atoms with E-state index in [1.54, 1.807) is 38.6 Å². The third kappa shape index (κ3) is 9.13. The molecule has 17 nitrogen and oxygen atoms in total. The van der Waals surface area contributed by atoms with E-state index in [-0.39, 0.29) is 42.4 Å². The van der Waals surface area contributed by atoms with Crippen LogP contribution < -0.4 is 26.8 Å². The van der Waals surface area contributed by atoms with Gasteiger partial charge in [-0.3, -0.25) is 28.4 Å². The molecular weight excluding hydrogens is 724 g/mol. The van der Waals surface area contributed by atoms with Crippen molar-refractivity contribution in [2.24, 2.45) is 11.5 Å². The Hall–Kier alpha value is -6.21. The highest BCUT2D eigenvalue weighted by atomic mass is 19.2. The SMILES string of the molecule is COc1ccc(-c2cnc3c(Nc4ccc(C(=O)N5CCN(C(=O)[C@@H]6C[C@@H](OC(=O)[C@@H](N)CCC(N)=O)CN6)CC5)c(C)c4)nccn23)c(F)c1F.O=CO. The van der Waals surface area contributed by atoms with E-state index in [0.717, 1.165) is 0 Å². The molecule has 2 aromatic carbocycles. The van der Waals surface area contributed by atoms with Gasteiger partial charge in [-0.05, 0) is 49.2 Å².